The van der Waals surface area contributed by atoms with Gasteiger partial charge in [-0.1, -0.05) is 25.5 Å². The van der Waals surface area contributed by atoms with Crippen molar-refractivity contribution >= 4 is 5.69 Å². The van der Waals surface area contributed by atoms with Gasteiger partial charge < -0.3 is 10.4 Å². The van der Waals surface area contributed by atoms with Crippen LogP contribution in [0.15, 0.2) is 24.3 Å². The van der Waals surface area contributed by atoms with Crippen LogP contribution in [-0.4, -0.2) is 18.3 Å². The Morgan fingerprint density at radius 2 is 1.89 bits per heavy atom. The van der Waals surface area contributed by atoms with E-state index in [1.165, 1.54) is 12.1 Å². The Morgan fingerprint density at radius 3 is 2.47 bits per heavy atom. The predicted octanol–water partition coefficient (Wildman–Crippen LogP) is 3.92. The number of alkyl halides is 3. The fourth-order valence-electron chi connectivity index (χ4n) is 2.08. The molecule has 1 aromatic carbocycles. The summed E-state index contributed by atoms with van der Waals surface area (Å²) in [5.74, 6) is 0.191. The lowest BCUT2D eigenvalue weighted by molar-refractivity contribution is -0.137. The van der Waals surface area contributed by atoms with Crippen LogP contribution in [0, 0.1) is 5.92 Å². The van der Waals surface area contributed by atoms with Crippen molar-refractivity contribution in [3.8, 4) is 0 Å². The van der Waals surface area contributed by atoms with Gasteiger partial charge in [0, 0.05) is 18.8 Å². The first kappa shape index (κ1) is 15.8. The van der Waals surface area contributed by atoms with Gasteiger partial charge in [0.1, 0.15) is 0 Å². The molecule has 1 atom stereocenters. The first-order valence-corrected chi connectivity index (χ1v) is 6.50. The smallest absolute Gasteiger partial charge is 0.396 e. The highest BCUT2D eigenvalue weighted by atomic mass is 19.4. The molecule has 2 N–H and O–H groups in total. The molecule has 0 aromatic heterocycles. The minimum Gasteiger partial charge on any atom is -0.396 e. The quantitative estimate of drug-likeness (QED) is 0.790. The van der Waals surface area contributed by atoms with Crippen molar-refractivity contribution in [2.24, 2.45) is 5.92 Å². The number of aliphatic hydroxyl groups is 1. The third kappa shape index (κ3) is 5.11. The molecule has 108 valence electrons. The Balaban J connectivity index is 2.71. The van der Waals surface area contributed by atoms with Gasteiger partial charge in [-0.2, -0.15) is 13.2 Å². The number of nitrogens with one attached hydrogen (secondary N) is 1. The molecule has 0 saturated carbocycles. The van der Waals surface area contributed by atoms with E-state index in [1.807, 2.05) is 6.92 Å². The molecule has 0 radical (unpaired) electrons. The Hall–Kier alpha value is -1.23. The number of halogens is 3. The molecule has 0 spiro atoms. The molecule has 0 aliphatic heterocycles. The second kappa shape index (κ2) is 7.38. The summed E-state index contributed by atoms with van der Waals surface area (Å²) in [6, 6.07) is 5.47. The molecular weight excluding hydrogens is 255 g/mol. The van der Waals surface area contributed by atoms with Gasteiger partial charge in [-0.3, -0.25) is 0 Å². The summed E-state index contributed by atoms with van der Waals surface area (Å²) >= 11 is 0. The average molecular weight is 275 g/mol. The Kier molecular flexibility index (Phi) is 6.15. The SMILES string of the molecule is CCCC(CCO)CNc1ccccc1C(F)(F)F. The largest absolute Gasteiger partial charge is 0.418 e. The molecule has 0 heterocycles. The van der Waals surface area contributed by atoms with E-state index in [0.717, 1.165) is 18.9 Å². The lowest BCUT2D eigenvalue weighted by Crippen LogP contribution is -2.18. The summed E-state index contributed by atoms with van der Waals surface area (Å²) in [6.07, 6.45) is -1.90. The molecule has 1 unspecified atom stereocenters. The Bertz CT molecular complexity index is 373. The number of para-hydroxylation sites is 1. The molecule has 0 saturated heterocycles. The number of hydrogen-bond donors (Lipinski definition) is 2. The number of benzene rings is 1. The molecule has 0 fully saturated rings. The van der Waals surface area contributed by atoms with Crippen molar-refractivity contribution in [2.75, 3.05) is 18.5 Å². The van der Waals surface area contributed by atoms with Gasteiger partial charge in [-0.05, 0) is 30.9 Å². The fourth-order valence-corrected chi connectivity index (χ4v) is 2.08. The Morgan fingerprint density at radius 1 is 1.21 bits per heavy atom. The van der Waals surface area contributed by atoms with E-state index in [4.69, 9.17) is 5.11 Å². The monoisotopic (exact) mass is 275 g/mol. The Labute approximate surface area is 111 Å². The highest BCUT2D eigenvalue weighted by Crippen LogP contribution is 2.34. The van der Waals surface area contributed by atoms with Crippen LogP contribution in [0.3, 0.4) is 0 Å². The fraction of sp³-hybridized carbons (Fsp3) is 0.571. The van der Waals surface area contributed by atoms with Crippen LogP contribution in [0.5, 0.6) is 0 Å². The molecular formula is C14H20F3NO. The topological polar surface area (TPSA) is 32.3 Å². The second-order valence-corrected chi connectivity index (χ2v) is 4.59. The van der Waals surface area contributed by atoms with Crippen molar-refractivity contribution in [2.45, 2.75) is 32.4 Å². The molecule has 0 aliphatic carbocycles. The summed E-state index contributed by atoms with van der Waals surface area (Å²) in [6.45, 7) is 2.53. The standard InChI is InChI=1S/C14H20F3NO/c1-2-5-11(8-9-19)10-18-13-7-4-3-6-12(13)14(15,16)17/h3-4,6-7,11,18-19H,2,5,8-10H2,1H3. The molecule has 2 nitrogen and oxygen atoms in total. The maximum absolute atomic E-state index is 12.8. The summed E-state index contributed by atoms with van der Waals surface area (Å²) in [5.41, 5.74) is -0.539. The van der Waals surface area contributed by atoms with Crippen molar-refractivity contribution < 1.29 is 18.3 Å². The minimum absolute atomic E-state index is 0.0628. The van der Waals surface area contributed by atoms with Gasteiger partial charge in [-0.25, -0.2) is 0 Å². The van der Waals surface area contributed by atoms with E-state index in [9.17, 15) is 13.2 Å². The predicted molar refractivity (Wildman–Crippen MR) is 70.0 cm³/mol. The number of anilines is 1. The minimum atomic E-state index is -4.35. The lowest BCUT2D eigenvalue weighted by atomic mass is 10.00. The normalized spacial score (nSPS) is 13.3. The van der Waals surface area contributed by atoms with Gasteiger partial charge in [-0.15, -0.1) is 0 Å². The number of rotatable bonds is 7. The van der Waals surface area contributed by atoms with E-state index >= 15 is 0 Å². The zero-order chi connectivity index (χ0) is 14.3. The van der Waals surface area contributed by atoms with E-state index in [0.29, 0.717) is 13.0 Å². The second-order valence-electron chi connectivity index (χ2n) is 4.59. The van der Waals surface area contributed by atoms with Gasteiger partial charge in [0.25, 0.3) is 0 Å². The first-order chi connectivity index (χ1) is 8.99. The van der Waals surface area contributed by atoms with Crippen LogP contribution in [-0.2, 0) is 6.18 Å². The zero-order valence-electron chi connectivity index (χ0n) is 11.0. The van der Waals surface area contributed by atoms with Gasteiger partial charge in [0.2, 0.25) is 0 Å². The van der Waals surface area contributed by atoms with Gasteiger partial charge >= 0.3 is 6.18 Å². The average Bonchev–Trinajstić information content (AvgIpc) is 2.36. The molecule has 0 aliphatic rings. The molecule has 0 bridgehead atoms. The van der Waals surface area contributed by atoms with Crippen molar-refractivity contribution in [3.05, 3.63) is 29.8 Å². The summed E-state index contributed by atoms with van der Waals surface area (Å²) < 4.78 is 38.4. The number of hydrogen-bond acceptors (Lipinski definition) is 2. The summed E-state index contributed by atoms with van der Waals surface area (Å²) in [4.78, 5) is 0. The van der Waals surface area contributed by atoms with Crippen LogP contribution in [0.1, 0.15) is 31.7 Å². The molecule has 5 heteroatoms. The zero-order valence-corrected chi connectivity index (χ0v) is 11.0. The van der Waals surface area contributed by atoms with Crippen molar-refractivity contribution in [3.63, 3.8) is 0 Å². The van der Waals surface area contributed by atoms with Crippen LogP contribution >= 0.6 is 0 Å². The maximum atomic E-state index is 12.8. The van der Waals surface area contributed by atoms with Crippen LogP contribution in [0.2, 0.25) is 0 Å². The molecule has 1 rings (SSSR count). The van der Waals surface area contributed by atoms with Crippen molar-refractivity contribution in [1.29, 1.82) is 0 Å². The molecule has 1 aromatic rings. The summed E-state index contributed by atoms with van der Waals surface area (Å²) in [5, 5.41) is 11.8. The van der Waals surface area contributed by atoms with E-state index in [1.54, 1.807) is 6.07 Å². The van der Waals surface area contributed by atoms with E-state index in [-0.39, 0.29) is 18.2 Å². The molecule has 19 heavy (non-hydrogen) atoms. The number of aliphatic hydroxyl groups excluding tert-OH is 1. The highest BCUT2D eigenvalue weighted by Gasteiger charge is 2.33. The molecule has 0 amide bonds. The van der Waals surface area contributed by atoms with Crippen LogP contribution in [0.25, 0.3) is 0 Å². The third-order valence-electron chi connectivity index (χ3n) is 3.05. The van der Waals surface area contributed by atoms with Gasteiger partial charge in [0.05, 0.1) is 5.56 Å². The lowest BCUT2D eigenvalue weighted by Gasteiger charge is -2.19. The first-order valence-electron chi connectivity index (χ1n) is 6.50. The van der Waals surface area contributed by atoms with Crippen LogP contribution < -0.4 is 5.32 Å². The van der Waals surface area contributed by atoms with Crippen LogP contribution in [0.4, 0.5) is 18.9 Å². The highest BCUT2D eigenvalue weighted by molar-refractivity contribution is 5.52. The van der Waals surface area contributed by atoms with E-state index < -0.39 is 11.7 Å². The van der Waals surface area contributed by atoms with Crippen molar-refractivity contribution in [1.82, 2.24) is 0 Å². The van der Waals surface area contributed by atoms with E-state index in [2.05, 4.69) is 5.32 Å². The maximum Gasteiger partial charge on any atom is 0.418 e. The third-order valence-corrected chi connectivity index (χ3v) is 3.05. The summed E-state index contributed by atoms with van der Waals surface area (Å²) in [7, 11) is 0. The van der Waals surface area contributed by atoms with Gasteiger partial charge in [0.15, 0.2) is 0 Å².